The van der Waals surface area contributed by atoms with Gasteiger partial charge in [-0.05, 0) is 38.0 Å². The Kier molecular flexibility index (Phi) is 8.35. The summed E-state index contributed by atoms with van der Waals surface area (Å²) in [4.78, 5) is 38.3. The highest BCUT2D eigenvalue weighted by atomic mass is 35.5. The Balaban J connectivity index is 2.36. The minimum atomic E-state index is -0.696. The molecule has 2 aromatic rings. The maximum absolute atomic E-state index is 13.2. The van der Waals surface area contributed by atoms with Crippen LogP contribution in [0, 0.1) is 10.1 Å². The summed E-state index contributed by atoms with van der Waals surface area (Å²) in [6.45, 7) is 5.73. The lowest BCUT2D eigenvalue weighted by molar-refractivity contribution is -0.385. The van der Waals surface area contributed by atoms with E-state index in [9.17, 15) is 19.7 Å². The first-order valence-corrected chi connectivity index (χ1v) is 10.2. The van der Waals surface area contributed by atoms with Crippen molar-refractivity contribution in [1.82, 2.24) is 10.2 Å². The molecule has 0 bridgehead atoms. The highest BCUT2D eigenvalue weighted by Crippen LogP contribution is 2.21. The third-order valence-corrected chi connectivity index (χ3v) is 4.86. The zero-order valence-electron chi connectivity index (χ0n) is 17.3. The lowest BCUT2D eigenvalue weighted by atomic mass is 10.1. The molecule has 0 aliphatic carbocycles. The summed E-state index contributed by atoms with van der Waals surface area (Å²) < 4.78 is 0. The van der Waals surface area contributed by atoms with Crippen molar-refractivity contribution < 1.29 is 14.5 Å². The molecule has 30 heavy (non-hydrogen) atoms. The Morgan fingerprint density at radius 3 is 2.33 bits per heavy atom. The minimum absolute atomic E-state index is 0.0748. The van der Waals surface area contributed by atoms with Gasteiger partial charge < -0.3 is 10.2 Å². The zero-order valence-corrected chi connectivity index (χ0v) is 18.1. The largest absolute Gasteiger partial charge is 0.352 e. The van der Waals surface area contributed by atoms with Crippen molar-refractivity contribution >= 4 is 29.1 Å². The van der Waals surface area contributed by atoms with Crippen molar-refractivity contribution in [3.8, 4) is 0 Å². The maximum atomic E-state index is 13.2. The SMILES string of the molecule is CCC(C(=O)NC(C)C)N(Cc1ccc(Cl)cc1)C(=O)Cc1ccccc1[N+](=O)[O-]. The molecular formula is C22H26ClN3O4. The molecule has 2 rings (SSSR count). The van der Waals surface area contributed by atoms with Crippen LogP contribution in [0.15, 0.2) is 48.5 Å². The number of benzene rings is 2. The van der Waals surface area contributed by atoms with Gasteiger partial charge in [0.1, 0.15) is 6.04 Å². The van der Waals surface area contributed by atoms with E-state index in [1.54, 1.807) is 42.5 Å². The Morgan fingerprint density at radius 2 is 1.77 bits per heavy atom. The van der Waals surface area contributed by atoms with Crippen molar-refractivity contribution in [3.63, 3.8) is 0 Å². The topological polar surface area (TPSA) is 92.6 Å². The van der Waals surface area contributed by atoms with Crippen LogP contribution in [0.4, 0.5) is 5.69 Å². The van der Waals surface area contributed by atoms with Gasteiger partial charge in [0, 0.05) is 29.2 Å². The number of hydrogen-bond donors (Lipinski definition) is 1. The summed E-state index contributed by atoms with van der Waals surface area (Å²) >= 11 is 5.95. The Labute approximate surface area is 181 Å². The van der Waals surface area contributed by atoms with Crippen molar-refractivity contribution in [2.24, 2.45) is 0 Å². The van der Waals surface area contributed by atoms with E-state index in [0.717, 1.165) is 5.56 Å². The number of para-hydroxylation sites is 1. The smallest absolute Gasteiger partial charge is 0.273 e. The summed E-state index contributed by atoms with van der Waals surface area (Å²) in [5.41, 5.74) is 1.01. The fourth-order valence-electron chi connectivity index (χ4n) is 3.19. The summed E-state index contributed by atoms with van der Waals surface area (Å²) in [5, 5.41) is 14.7. The first-order valence-electron chi connectivity index (χ1n) is 9.79. The second-order valence-corrected chi connectivity index (χ2v) is 7.73. The predicted octanol–water partition coefficient (Wildman–Crippen LogP) is 4.12. The van der Waals surface area contributed by atoms with Gasteiger partial charge in [-0.25, -0.2) is 0 Å². The number of carbonyl (C=O) groups excluding carboxylic acids is 2. The molecule has 2 aromatic carbocycles. The Bertz CT molecular complexity index is 900. The predicted molar refractivity (Wildman–Crippen MR) is 116 cm³/mol. The van der Waals surface area contributed by atoms with E-state index in [-0.39, 0.29) is 36.5 Å². The van der Waals surface area contributed by atoms with E-state index in [1.165, 1.54) is 11.0 Å². The number of nitro benzene ring substituents is 1. The highest BCUT2D eigenvalue weighted by Gasteiger charge is 2.30. The lowest BCUT2D eigenvalue weighted by Gasteiger charge is -2.31. The average Bonchev–Trinajstić information content (AvgIpc) is 2.69. The zero-order chi connectivity index (χ0) is 22.3. The number of carbonyl (C=O) groups is 2. The van der Waals surface area contributed by atoms with Gasteiger partial charge in [0.25, 0.3) is 5.69 Å². The molecule has 0 radical (unpaired) electrons. The van der Waals surface area contributed by atoms with Crippen LogP contribution in [0.1, 0.15) is 38.3 Å². The monoisotopic (exact) mass is 431 g/mol. The van der Waals surface area contributed by atoms with Crippen molar-refractivity contribution in [2.45, 2.75) is 52.2 Å². The van der Waals surface area contributed by atoms with Gasteiger partial charge in [0.2, 0.25) is 11.8 Å². The number of amides is 2. The normalized spacial score (nSPS) is 11.8. The number of hydrogen-bond acceptors (Lipinski definition) is 4. The summed E-state index contributed by atoms with van der Waals surface area (Å²) in [6, 6.07) is 12.4. The Morgan fingerprint density at radius 1 is 1.13 bits per heavy atom. The van der Waals surface area contributed by atoms with Crippen molar-refractivity contribution in [3.05, 3.63) is 74.8 Å². The number of nitrogens with zero attached hydrogens (tertiary/aromatic N) is 2. The maximum Gasteiger partial charge on any atom is 0.273 e. The van der Waals surface area contributed by atoms with E-state index < -0.39 is 11.0 Å². The second-order valence-electron chi connectivity index (χ2n) is 7.30. The molecule has 7 nitrogen and oxygen atoms in total. The third-order valence-electron chi connectivity index (χ3n) is 4.61. The van der Waals surface area contributed by atoms with E-state index in [4.69, 9.17) is 11.6 Å². The number of halogens is 1. The molecule has 8 heteroatoms. The molecule has 1 N–H and O–H groups in total. The molecule has 0 saturated heterocycles. The quantitative estimate of drug-likeness (QED) is 0.477. The van der Waals surface area contributed by atoms with Gasteiger partial charge in [-0.3, -0.25) is 19.7 Å². The van der Waals surface area contributed by atoms with Crippen LogP contribution in [-0.4, -0.2) is 33.7 Å². The van der Waals surface area contributed by atoms with E-state index in [0.29, 0.717) is 17.0 Å². The molecule has 1 unspecified atom stereocenters. The van der Waals surface area contributed by atoms with Crippen LogP contribution in [0.5, 0.6) is 0 Å². The number of rotatable bonds is 9. The molecule has 0 saturated carbocycles. The molecule has 0 heterocycles. The lowest BCUT2D eigenvalue weighted by Crippen LogP contribution is -2.50. The van der Waals surface area contributed by atoms with E-state index in [1.807, 2.05) is 20.8 Å². The standard InChI is InChI=1S/C22H26ClN3O4/c1-4-19(22(28)24-15(2)3)25(14-16-9-11-18(23)12-10-16)21(27)13-17-7-5-6-8-20(17)26(29)30/h5-12,15,19H,4,13-14H2,1-3H3,(H,24,28). The molecule has 1 atom stereocenters. The van der Waals surface area contributed by atoms with Crippen molar-refractivity contribution in [2.75, 3.05) is 0 Å². The van der Waals surface area contributed by atoms with Gasteiger partial charge in [-0.2, -0.15) is 0 Å². The highest BCUT2D eigenvalue weighted by molar-refractivity contribution is 6.30. The molecule has 0 aliphatic rings. The third kappa shape index (κ3) is 6.29. The fourth-order valence-corrected chi connectivity index (χ4v) is 3.32. The molecule has 160 valence electrons. The molecule has 0 aromatic heterocycles. The summed E-state index contributed by atoms with van der Waals surface area (Å²) in [5.74, 6) is -0.609. The van der Waals surface area contributed by atoms with E-state index >= 15 is 0 Å². The van der Waals surface area contributed by atoms with Crippen LogP contribution in [-0.2, 0) is 22.6 Å². The molecule has 0 spiro atoms. The van der Waals surface area contributed by atoms with Gasteiger partial charge in [-0.15, -0.1) is 0 Å². The summed E-state index contributed by atoms with van der Waals surface area (Å²) in [7, 11) is 0. The fraction of sp³-hybridized carbons (Fsp3) is 0.364. The van der Waals surface area contributed by atoms with Crippen LogP contribution >= 0.6 is 11.6 Å². The first-order chi connectivity index (χ1) is 14.2. The van der Waals surface area contributed by atoms with E-state index in [2.05, 4.69) is 5.32 Å². The van der Waals surface area contributed by atoms with Crippen LogP contribution in [0.25, 0.3) is 0 Å². The minimum Gasteiger partial charge on any atom is -0.352 e. The van der Waals surface area contributed by atoms with Crippen LogP contribution in [0.2, 0.25) is 5.02 Å². The summed E-state index contributed by atoms with van der Waals surface area (Å²) in [6.07, 6.45) is 0.241. The van der Waals surface area contributed by atoms with Gasteiger partial charge in [0.15, 0.2) is 0 Å². The van der Waals surface area contributed by atoms with Crippen LogP contribution < -0.4 is 5.32 Å². The van der Waals surface area contributed by atoms with Crippen LogP contribution in [0.3, 0.4) is 0 Å². The molecule has 0 aliphatic heterocycles. The van der Waals surface area contributed by atoms with Crippen molar-refractivity contribution in [1.29, 1.82) is 0 Å². The first kappa shape index (κ1) is 23.3. The van der Waals surface area contributed by atoms with Gasteiger partial charge in [-0.1, -0.05) is 48.9 Å². The second kappa shape index (κ2) is 10.7. The van der Waals surface area contributed by atoms with Gasteiger partial charge >= 0.3 is 0 Å². The number of nitro groups is 1. The average molecular weight is 432 g/mol. The van der Waals surface area contributed by atoms with Gasteiger partial charge in [0.05, 0.1) is 11.3 Å². The number of nitrogens with one attached hydrogen (secondary N) is 1. The molecule has 0 fully saturated rings. The molecular weight excluding hydrogens is 406 g/mol. The molecule has 2 amide bonds. The Hall–Kier alpha value is -2.93.